The molecule has 3 aromatic carbocycles. The van der Waals surface area contributed by atoms with Gasteiger partial charge in [-0.1, -0.05) is 31.2 Å². The molecule has 3 rings (SSSR count). The molecule has 0 heterocycles. The van der Waals surface area contributed by atoms with Gasteiger partial charge in [0.25, 0.3) is 5.91 Å². The van der Waals surface area contributed by atoms with Gasteiger partial charge in [0.2, 0.25) is 5.91 Å². The van der Waals surface area contributed by atoms with Gasteiger partial charge in [-0.15, -0.1) is 0 Å². The maximum absolute atomic E-state index is 12.9. The SMILES string of the molecule is CCCOc1cccc(NC(=O)CNc2ccc(C(=O)N(CC)c3ccccc3)cc2)c1. The maximum Gasteiger partial charge on any atom is 0.258 e. The van der Waals surface area contributed by atoms with Gasteiger partial charge in [-0.3, -0.25) is 9.59 Å². The fraction of sp³-hybridized carbons (Fsp3) is 0.231. The number of hydrogen-bond donors (Lipinski definition) is 2. The molecule has 0 bridgehead atoms. The number of nitrogens with zero attached hydrogens (tertiary/aromatic N) is 1. The van der Waals surface area contributed by atoms with E-state index in [1.54, 1.807) is 35.2 Å². The molecule has 32 heavy (non-hydrogen) atoms. The summed E-state index contributed by atoms with van der Waals surface area (Å²) in [6.45, 7) is 5.32. The van der Waals surface area contributed by atoms with Crippen LogP contribution in [0.3, 0.4) is 0 Å². The molecule has 6 heteroatoms. The highest BCUT2D eigenvalue weighted by Crippen LogP contribution is 2.19. The molecule has 166 valence electrons. The van der Waals surface area contributed by atoms with Crippen molar-refractivity contribution in [2.45, 2.75) is 20.3 Å². The third-order valence-electron chi connectivity index (χ3n) is 4.80. The Hall–Kier alpha value is -3.80. The highest BCUT2D eigenvalue weighted by atomic mass is 16.5. The lowest BCUT2D eigenvalue weighted by Gasteiger charge is -2.21. The van der Waals surface area contributed by atoms with Crippen LogP contribution in [0.15, 0.2) is 78.9 Å². The Balaban J connectivity index is 1.54. The number of rotatable bonds is 10. The van der Waals surface area contributed by atoms with Crippen LogP contribution in [0.1, 0.15) is 30.6 Å². The van der Waals surface area contributed by atoms with Crippen molar-refractivity contribution >= 4 is 28.9 Å². The van der Waals surface area contributed by atoms with Gasteiger partial charge in [-0.25, -0.2) is 0 Å². The summed E-state index contributed by atoms with van der Waals surface area (Å²) in [7, 11) is 0. The van der Waals surface area contributed by atoms with Crippen molar-refractivity contribution in [2.24, 2.45) is 0 Å². The second kappa shape index (κ2) is 11.6. The number of carbonyl (C=O) groups is 2. The first-order chi connectivity index (χ1) is 15.6. The van der Waals surface area contributed by atoms with Crippen LogP contribution in [0, 0.1) is 0 Å². The maximum atomic E-state index is 12.9. The molecular weight excluding hydrogens is 402 g/mol. The lowest BCUT2D eigenvalue weighted by Crippen LogP contribution is -2.30. The van der Waals surface area contributed by atoms with E-state index in [1.165, 1.54) is 0 Å². The van der Waals surface area contributed by atoms with E-state index in [-0.39, 0.29) is 18.4 Å². The molecule has 2 amide bonds. The molecule has 0 fully saturated rings. The van der Waals surface area contributed by atoms with Crippen LogP contribution >= 0.6 is 0 Å². The Kier molecular flexibility index (Phi) is 8.26. The van der Waals surface area contributed by atoms with Gasteiger partial charge >= 0.3 is 0 Å². The zero-order chi connectivity index (χ0) is 22.8. The Morgan fingerprint density at radius 1 is 0.875 bits per heavy atom. The van der Waals surface area contributed by atoms with E-state index in [0.717, 1.165) is 23.5 Å². The van der Waals surface area contributed by atoms with E-state index in [9.17, 15) is 9.59 Å². The van der Waals surface area contributed by atoms with E-state index in [4.69, 9.17) is 4.74 Å². The molecule has 0 radical (unpaired) electrons. The largest absolute Gasteiger partial charge is 0.494 e. The highest BCUT2D eigenvalue weighted by Gasteiger charge is 2.15. The number of benzene rings is 3. The summed E-state index contributed by atoms with van der Waals surface area (Å²) >= 11 is 0. The summed E-state index contributed by atoms with van der Waals surface area (Å²) in [6.07, 6.45) is 0.924. The van der Waals surface area contributed by atoms with E-state index >= 15 is 0 Å². The van der Waals surface area contributed by atoms with Gasteiger partial charge in [0, 0.05) is 35.2 Å². The molecule has 0 saturated heterocycles. The molecule has 0 atom stereocenters. The monoisotopic (exact) mass is 431 g/mol. The predicted molar refractivity (Wildman–Crippen MR) is 130 cm³/mol. The number of ether oxygens (including phenoxy) is 1. The van der Waals surface area contributed by atoms with Gasteiger partial charge in [-0.05, 0) is 61.9 Å². The molecule has 0 aliphatic carbocycles. The molecule has 0 aromatic heterocycles. The molecule has 0 spiro atoms. The van der Waals surface area contributed by atoms with Crippen LogP contribution in [-0.2, 0) is 4.79 Å². The van der Waals surface area contributed by atoms with Crippen LogP contribution in [0.5, 0.6) is 5.75 Å². The summed E-state index contributed by atoms with van der Waals surface area (Å²) in [6, 6.07) is 24.1. The summed E-state index contributed by atoms with van der Waals surface area (Å²) in [5.74, 6) is 0.502. The van der Waals surface area contributed by atoms with Crippen LogP contribution in [0.25, 0.3) is 0 Å². The van der Waals surface area contributed by atoms with Crippen molar-refractivity contribution in [3.05, 3.63) is 84.4 Å². The number of hydrogen-bond acceptors (Lipinski definition) is 4. The zero-order valence-electron chi connectivity index (χ0n) is 18.5. The van der Waals surface area contributed by atoms with Crippen molar-refractivity contribution in [3.8, 4) is 5.75 Å². The van der Waals surface area contributed by atoms with Gasteiger partial charge in [0.1, 0.15) is 5.75 Å². The molecule has 3 aromatic rings. The average Bonchev–Trinajstić information content (AvgIpc) is 2.83. The minimum Gasteiger partial charge on any atom is -0.494 e. The molecule has 0 aliphatic heterocycles. The molecule has 0 saturated carbocycles. The quantitative estimate of drug-likeness (QED) is 0.463. The third kappa shape index (κ3) is 6.35. The topological polar surface area (TPSA) is 70.7 Å². The normalized spacial score (nSPS) is 10.3. The van der Waals surface area contributed by atoms with Crippen molar-refractivity contribution in [1.82, 2.24) is 0 Å². The minimum absolute atomic E-state index is 0.0619. The van der Waals surface area contributed by atoms with Crippen molar-refractivity contribution in [3.63, 3.8) is 0 Å². The third-order valence-corrected chi connectivity index (χ3v) is 4.80. The van der Waals surface area contributed by atoms with E-state index in [2.05, 4.69) is 10.6 Å². The van der Waals surface area contributed by atoms with Crippen LogP contribution in [-0.4, -0.2) is 31.5 Å². The van der Waals surface area contributed by atoms with Crippen LogP contribution < -0.4 is 20.3 Å². The lowest BCUT2D eigenvalue weighted by molar-refractivity contribution is -0.114. The highest BCUT2D eigenvalue weighted by molar-refractivity contribution is 6.06. The summed E-state index contributed by atoms with van der Waals surface area (Å²) in [4.78, 5) is 26.9. The standard InChI is InChI=1S/C26H29N3O3/c1-3-17-32-24-12-8-9-22(18-24)28-25(30)19-27-21-15-13-20(14-16-21)26(31)29(4-2)23-10-6-5-7-11-23/h5-16,18,27H,3-4,17,19H2,1-2H3,(H,28,30). The van der Waals surface area contributed by atoms with Crippen molar-refractivity contribution < 1.29 is 14.3 Å². The Labute approximate surface area is 189 Å². The number of nitrogens with one attached hydrogen (secondary N) is 2. The van der Waals surface area contributed by atoms with Crippen molar-refractivity contribution in [1.29, 1.82) is 0 Å². The summed E-state index contributed by atoms with van der Waals surface area (Å²) in [5, 5.41) is 5.94. The summed E-state index contributed by atoms with van der Waals surface area (Å²) < 4.78 is 5.59. The Bertz CT molecular complexity index is 1020. The zero-order valence-corrected chi connectivity index (χ0v) is 18.5. The van der Waals surface area contributed by atoms with E-state index < -0.39 is 0 Å². The first kappa shape index (κ1) is 22.9. The van der Waals surface area contributed by atoms with Gasteiger partial charge < -0.3 is 20.3 Å². The fourth-order valence-electron chi connectivity index (χ4n) is 3.21. The van der Waals surface area contributed by atoms with Gasteiger partial charge in [-0.2, -0.15) is 0 Å². The molecule has 6 nitrogen and oxygen atoms in total. The first-order valence-electron chi connectivity index (χ1n) is 10.8. The number of anilines is 3. The number of para-hydroxylation sites is 1. The molecular formula is C26H29N3O3. The van der Waals surface area contributed by atoms with Gasteiger partial charge in [0.15, 0.2) is 0 Å². The molecule has 0 unspecified atom stereocenters. The minimum atomic E-state index is -0.168. The van der Waals surface area contributed by atoms with Crippen molar-refractivity contribution in [2.75, 3.05) is 35.2 Å². The molecule has 2 N–H and O–H groups in total. The van der Waals surface area contributed by atoms with E-state index in [1.807, 2.05) is 62.4 Å². The Morgan fingerprint density at radius 2 is 1.62 bits per heavy atom. The lowest BCUT2D eigenvalue weighted by atomic mass is 10.1. The smallest absolute Gasteiger partial charge is 0.258 e. The number of amides is 2. The molecule has 0 aliphatic rings. The average molecular weight is 432 g/mol. The summed E-state index contributed by atoms with van der Waals surface area (Å²) in [5.41, 5.74) is 2.91. The second-order valence-electron chi connectivity index (χ2n) is 7.24. The first-order valence-corrected chi connectivity index (χ1v) is 10.8. The number of carbonyl (C=O) groups excluding carboxylic acids is 2. The van der Waals surface area contributed by atoms with E-state index in [0.29, 0.717) is 24.4 Å². The van der Waals surface area contributed by atoms with Crippen LogP contribution in [0.2, 0.25) is 0 Å². The fourth-order valence-corrected chi connectivity index (χ4v) is 3.21. The Morgan fingerprint density at radius 3 is 2.31 bits per heavy atom. The predicted octanol–water partition coefficient (Wildman–Crippen LogP) is 5.19. The second-order valence-corrected chi connectivity index (χ2v) is 7.24. The van der Waals surface area contributed by atoms with Crippen LogP contribution in [0.4, 0.5) is 17.1 Å². The van der Waals surface area contributed by atoms with Gasteiger partial charge in [0.05, 0.1) is 13.2 Å².